The number of rotatable bonds is 4. The van der Waals surface area contributed by atoms with E-state index >= 15 is 0 Å². The van der Waals surface area contributed by atoms with E-state index < -0.39 is 17.8 Å². The molecule has 0 aliphatic heterocycles. The SMILES string of the molecule is O=C(O)C1CCCCC1C(=O)NNC(=Nc1ccccc1)c1ccccn1. The summed E-state index contributed by atoms with van der Waals surface area (Å²) in [5.74, 6) is -2.07. The summed E-state index contributed by atoms with van der Waals surface area (Å²) in [6, 6.07) is 14.7. The highest BCUT2D eigenvalue weighted by atomic mass is 16.4. The van der Waals surface area contributed by atoms with Gasteiger partial charge in [-0.25, -0.2) is 4.99 Å². The molecule has 1 saturated carbocycles. The number of carbonyl (C=O) groups excluding carboxylic acids is 1. The minimum atomic E-state index is -0.919. The predicted molar refractivity (Wildman–Crippen MR) is 101 cm³/mol. The van der Waals surface area contributed by atoms with Crippen LogP contribution < -0.4 is 10.9 Å². The van der Waals surface area contributed by atoms with E-state index in [1.54, 1.807) is 18.3 Å². The number of aromatic nitrogens is 1. The second-order valence-electron chi connectivity index (χ2n) is 6.46. The lowest BCUT2D eigenvalue weighted by Crippen LogP contribution is -2.48. The first-order valence-corrected chi connectivity index (χ1v) is 8.99. The average Bonchev–Trinajstić information content (AvgIpc) is 2.72. The Labute approximate surface area is 157 Å². The topological polar surface area (TPSA) is 104 Å². The number of carbonyl (C=O) groups is 2. The molecule has 2 atom stereocenters. The number of hydrogen-bond acceptors (Lipinski definition) is 4. The van der Waals surface area contributed by atoms with Crippen LogP contribution in [0.4, 0.5) is 5.69 Å². The number of amidine groups is 1. The summed E-state index contributed by atoms with van der Waals surface area (Å²) >= 11 is 0. The summed E-state index contributed by atoms with van der Waals surface area (Å²) in [6.45, 7) is 0. The molecule has 7 nitrogen and oxygen atoms in total. The first-order valence-electron chi connectivity index (χ1n) is 8.99. The molecule has 3 N–H and O–H groups in total. The minimum absolute atomic E-state index is 0.334. The Hall–Kier alpha value is -3.22. The van der Waals surface area contributed by atoms with Gasteiger partial charge in [-0.1, -0.05) is 37.1 Å². The fourth-order valence-corrected chi connectivity index (χ4v) is 3.24. The molecule has 1 amide bonds. The zero-order valence-electron chi connectivity index (χ0n) is 14.8. The molecule has 2 aromatic rings. The second kappa shape index (κ2) is 8.93. The highest BCUT2D eigenvalue weighted by Crippen LogP contribution is 2.30. The van der Waals surface area contributed by atoms with E-state index in [2.05, 4.69) is 20.8 Å². The highest BCUT2D eigenvalue weighted by Gasteiger charge is 2.35. The van der Waals surface area contributed by atoms with Gasteiger partial charge in [0.25, 0.3) is 0 Å². The van der Waals surface area contributed by atoms with Gasteiger partial charge in [-0.05, 0) is 37.1 Å². The maximum atomic E-state index is 12.6. The molecule has 1 fully saturated rings. The van der Waals surface area contributed by atoms with E-state index in [1.807, 2.05) is 36.4 Å². The summed E-state index contributed by atoms with van der Waals surface area (Å²) in [5.41, 5.74) is 6.75. The predicted octanol–water partition coefficient (Wildman–Crippen LogP) is 2.67. The minimum Gasteiger partial charge on any atom is -0.481 e. The van der Waals surface area contributed by atoms with Gasteiger partial charge >= 0.3 is 5.97 Å². The maximum Gasteiger partial charge on any atom is 0.307 e. The number of aliphatic carboxylic acids is 1. The Balaban J connectivity index is 1.76. The summed E-state index contributed by atoms with van der Waals surface area (Å²) in [4.78, 5) is 32.8. The molecule has 0 saturated heterocycles. The fourth-order valence-electron chi connectivity index (χ4n) is 3.24. The van der Waals surface area contributed by atoms with Crippen LogP contribution in [-0.2, 0) is 9.59 Å². The van der Waals surface area contributed by atoms with Gasteiger partial charge < -0.3 is 5.11 Å². The van der Waals surface area contributed by atoms with E-state index in [-0.39, 0.29) is 5.91 Å². The van der Waals surface area contributed by atoms with E-state index in [1.165, 1.54) is 0 Å². The van der Waals surface area contributed by atoms with Crippen molar-refractivity contribution >= 4 is 23.4 Å². The lowest BCUT2D eigenvalue weighted by molar-refractivity contribution is -0.149. The number of para-hydroxylation sites is 1. The maximum absolute atomic E-state index is 12.6. The number of hydrazine groups is 1. The molecule has 1 aliphatic rings. The number of hydrogen-bond donors (Lipinski definition) is 3. The van der Waals surface area contributed by atoms with Crippen molar-refractivity contribution in [2.45, 2.75) is 25.7 Å². The number of nitrogens with one attached hydrogen (secondary N) is 2. The lowest BCUT2D eigenvalue weighted by atomic mass is 9.79. The molecule has 0 bridgehead atoms. The molecular weight excluding hydrogens is 344 g/mol. The van der Waals surface area contributed by atoms with Crippen molar-refractivity contribution in [3.05, 3.63) is 60.4 Å². The summed E-state index contributed by atoms with van der Waals surface area (Å²) in [7, 11) is 0. The van der Waals surface area contributed by atoms with Crippen molar-refractivity contribution in [2.75, 3.05) is 0 Å². The number of nitrogens with zero attached hydrogens (tertiary/aromatic N) is 2. The van der Waals surface area contributed by atoms with Gasteiger partial charge in [0, 0.05) is 6.20 Å². The molecule has 2 unspecified atom stereocenters. The molecule has 0 radical (unpaired) electrons. The molecule has 7 heteroatoms. The molecule has 1 aromatic carbocycles. The third-order valence-corrected chi connectivity index (χ3v) is 4.63. The van der Waals surface area contributed by atoms with E-state index in [0.29, 0.717) is 30.1 Å². The van der Waals surface area contributed by atoms with E-state index in [9.17, 15) is 14.7 Å². The standard InChI is InChI=1S/C20H22N4O3/c25-19(15-10-4-5-11-16(15)20(26)27)24-23-18(17-12-6-7-13-21-17)22-14-8-2-1-3-9-14/h1-3,6-9,12-13,15-16H,4-5,10-11H2,(H,22,23)(H,24,25)(H,26,27). The van der Waals surface area contributed by atoms with Crippen LogP contribution in [0.1, 0.15) is 31.4 Å². The first-order chi connectivity index (χ1) is 13.1. The molecule has 3 rings (SSSR count). The highest BCUT2D eigenvalue weighted by molar-refractivity contribution is 5.99. The van der Waals surface area contributed by atoms with Gasteiger partial charge in [-0.3, -0.25) is 25.4 Å². The van der Waals surface area contributed by atoms with Gasteiger partial charge in [-0.2, -0.15) is 0 Å². The van der Waals surface area contributed by atoms with Gasteiger partial charge in [0.15, 0.2) is 5.84 Å². The van der Waals surface area contributed by atoms with Crippen molar-refractivity contribution in [3.63, 3.8) is 0 Å². The number of aliphatic imine (C=N–C) groups is 1. The Morgan fingerprint density at radius 3 is 2.33 bits per heavy atom. The van der Waals surface area contributed by atoms with Crippen molar-refractivity contribution in [1.82, 2.24) is 15.8 Å². The smallest absolute Gasteiger partial charge is 0.307 e. The third kappa shape index (κ3) is 4.91. The molecule has 27 heavy (non-hydrogen) atoms. The van der Waals surface area contributed by atoms with Crippen molar-refractivity contribution in [2.24, 2.45) is 16.8 Å². The Bertz CT molecular complexity index is 808. The quantitative estimate of drug-likeness (QED) is 0.438. The molecule has 140 valence electrons. The summed E-state index contributed by atoms with van der Waals surface area (Å²) < 4.78 is 0. The van der Waals surface area contributed by atoms with Crippen LogP contribution in [0.5, 0.6) is 0 Å². The van der Waals surface area contributed by atoms with Crippen LogP contribution in [0.2, 0.25) is 0 Å². The summed E-state index contributed by atoms with van der Waals surface area (Å²) in [6.07, 6.45) is 4.43. The van der Waals surface area contributed by atoms with Crippen LogP contribution in [0.3, 0.4) is 0 Å². The number of amides is 1. The Morgan fingerprint density at radius 1 is 0.963 bits per heavy atom. The van der Waals surface area contributed by atoms with Crippen LogP contribution in [0, 0.1) is 11.8 Å². The Morgan fingerprint density at radius 2 is 1.67 bits per heavy atom. The summed E-state index contributed by atoms with van der Waals surface area (Å²) in [5, 5.41) is 9.37. The normalized spacial score (nSPS) is 19.9. The number of carboxylic acids is 1. The van der Waals surface area contributed by atoms with Gasteiger partial charge in [0.1, 0.15) is 5.69 Å². The molecular formula is C20H22N4O3. The van der Waals surface area contributed by atoms with Crippen LogP contribution >= 0.6 is 0 Å². The molecule has 1 heterocycles. The van der Waals surface area contributed by atoms with Crippen molar-refractivity contribution in [3.8, 4) is 0 Å². The van der Waals surface area contributed by atoms with Gasteiger partial charge in [0.05, 0.1) is 17.5 Å². The third-order valence-electron chi connectivity index (χ3n) is 4.63. The molecule has 0 spiro atoms. The van der Waals surface area contributed by atoms with Crippen LogP contribution in [-0.4, -0.2) is 27.8 Å². The van der Waals surface area contributed by atoms with E-state index in [0.717, 1.165) is 12.8 Å². The van der Waals surface area contributed by atoms with Crippen LogP contribution in [0.15, 0.2) is 59.7 Å². The lowest BCUT2D eigenvalue weighted by Gasteiger charge is -2.27. The van der Waals surface area contributed by atoms with Crippen molar-refractivity contribution in [1.29, 1.82) is 0 Å². The average molecular weight is 366 g/mol. The van der Waals surface area contributed by atoms with Gasteiger partial charge in [-0.15, -0.1) is 0 Å². The van der Waals surface area contributed by atoms with Gasteiger partial charge in [0.2, 0.25) is 5.91 Å². The zero-order valence-corrected chi connectivity index (χ0v) is 14.8. The first kappa shape index (κ1) is 18.6. The molecule has 1 aromatic heterocycles. The fraction of sp³-hybridized carbons (Fsp3) is 0.300. The zero-order chi connectivity index (χ0) is 19.1. The number of carboxylic acid groups (broad SMARTS) is 1. The number of pyridine rings is 1. The number of benzene rings is 1. The van der Waals surface area contributed by atoms with E-state index in [4.69, 9.17) is 0 Å². The second-order valence-corrected chi connectivity index (χ2v) is 6.46. The molecule has 1 aliphatic carbocycles. The Kier molecular flexibility index (Phi) is 6.14. The monoisotopic (exact) mass is 366 g/mol. The largest absolute Gasteiger partial charge is 0.481 e. The van der Waals surface area contributed by atoms with Crippen molar-refractivity contribution < 1.29 is 14.7 Å². The van der Waals surface area contributed by atoms with Crippen LogP contribution in [0.25, 0.3) is 0 Å².